The molecule has 0 spiro atoms. The van der Waals surface area contributed by atoms with Gasteiger partial charge in [0, 0.05) is 22.2 Å². The van der Waals surface area contributed by atoms with Gasteiger partial charge in [-0.05, 0) is 61.8 Å². The van der Waals surface area contributed by atoms with Gasteiger partial charge in [-0.15, -0.1) is 0 Å². The van der Waals surface area contributed by atoms with Gasteiger partial charge in [0.25, 0.3) is 5.91 Å². The molecule has 0 bridgehead atoms. The molecular weight excluding hydrogens is 501 g/mol. The molecule has 0 fully saturated rings. The summed E-state index contributed by atoms with van der Waals surface area (Å²) in [6.45, 7) is 2.59. The quantitative estimate of drug-likeness (QED) is 0.452. The molecule has 0 N–H and O–H groups in total. The number of carbonyl (C=O) groups excluding carboxylic acids is 1. The maximum Gasteiger partial charge on any atom is 0.261 e. The minimum atomic E-state index is -0.0231. The maximum absolute atomic E-state index is 13.4. The van der Waals surface area contributed by atoms with E-state index in [-0.39, 0.29) is 5.91 Å². The normalized spacial score (nSPS) is 13.1. The van der Waals surface area contributed by atoms with Crippen molar-refractivity contribution in [1.82, 2.24) is 9.88 Å². The van der Waals surface area contributed by atoms with Gasteiger partial charge < -0.3 is 14.4 Å². The van der Waals surface area contributed by atoms with E-state index in [0.29, 0.717) is 36.2 Å². The first-order valence-corrected chi connectivity index (χ1v) is 11.3. The lowest BCUT2D eigenvalue weighted by atomic mass is 10.2. The van der Waals surface area contributed by atoms with Crippen LogP contribution < -0.4 is 14.4 Å². The number of carbonyl (C=O) groups is 1. The number of ether oxygens (including phenoxy) is 2. The van der Waals surface area contributed by atoms with Crippen molar-refractivity contribution in [2.24, 2.45) is 0 Å². The predicted molar refractivity (Wildman–Crippen MR) is 125 cm³/mol. The van der Waals surface area contributed by atoms with Gasteiger partial charge >= 0.3 is 0 Å². The van der Waals surface area contributed by atoms with Gasteiger partial charge in [-0.25, -0.2) is 4.98 Å². The summed E-state index contributed by atoms with van der Waals surface area (Å²) in [6.07, 6.45) is 0.862. The summed E-state index contributed by atoms with van der Waals surface area (Å²) >= 11 is 3.72. The Morgan fingerprint density at radius 2 is 1.86 bits per heavy atom. The average Bonchev–Trinajstić information content (AvgIpc) is 3.11. The minimum Gasteiger partial charge on any atom is -0.486 e. The first-order valence-electron chi connectivity index (χ1n) is 9.44. The predicted octanol–water partition coefficient (Wildman–Crippen LogP) is 4.27. The molecule has 6 nitrogen and oxygen atoms in total. The standard InChI is InChI=1S/C21H22IN3O3S/c1-24(2)8-5-9-25(20(26)14-6-3-4-7-15(14)22)21-23-16-12-17-18(13-19(16)29-21)28-11-10-27-17/h3-4,6-7,12-13H,5,8-11H2,1-2H3. The van der Waals surface area contributed by atoms with Crippen LogP contribution in [0.25, 0.3) is 10.2 Å². The fourth-order valence-corrected chi connectivity index (χ4v) is 4.80. The molecular formula is C21H22IN3O3S. The molecule has 4 rings (SSSR count). The van der Waals surface area contributed by atoms with Crippen molar-refractivity contribution in [3.63, 3.8) is 0 Å². The Morgan fingerprint density at radius 1 is 1.14 bits per heavy atom. The van der Waals surface area contributed by atoms with Crippen LogP contribution in [0.2, 0.25) is 0 Å². The fourth-order valence-electron chi connectivity index (χ4n) is 3.18. The number of rotatable bonds is 6. The smallest absolute Gasteiger partial charge is 0.261 e. The van der Waals surface area contributed by atoms with E-state index in [1.807, 2.05) is 50.5 Å². The summed E-state index contributed by atoms with van der Waals surface area (Å²) in [4.78, 5) is 22.1. The molecule has 8 heteroatoms. The topological polar surface area (TPSA) is 54.9 Å². The number of benzene rings is 2. The molecule has 0 saturated carbocycles. The largest absolute Gasteiger partial charge is 0.486 e. The third-order valence-corrected chi connectivity index (χ3v) is 6.59. The van der Waals surface area contributed by atoms with Gasteiger partial charge in [0.15, 0.2) is 16.6 Å². The van der Waals surface area contributed by atoms with E-state index in [1.165, 1.54) is 11.3 Å². The van der Waals surface area contributed by atoms with Crippen LogP contribution in [0.3, 0.4) is 0 Å². The molecule has 0 aliphatic carbocycles. The molecule has 3 aromatic rings. The summed E-state index contributed by atoms with van der Waals surface area (Å²) in [5.41, 5.74) is 1.52. The van der Waals surface area contributed by atoms with E-state index in [1.54, 1.807) is 4.90 Å². The highest BCUT2D eigenvalue weighted by atomic mass is 127. The lowest BCUT2D eigenvalue weighted by Crippen LogP contribution is -2.33. The van der Waals surface area contributed by atoms with E-state index in [2.05, 4.69) is 27.5 Å². The van der Waals surface area contributed by atoms with E-state index in [9.17, 15) is 4.79 Å². The summed E-state index contributed by atoms with van der Waals surface area (Å²) in [5.74, 6) is 1.43. The molecule has 29 heavy (non-hydrogen) atoms. The fraction of sp³-hybridized carbons (Fsp3) is 0.333. The van der Waals surface area contributed by atoms with Gasteiger partial charge in [0.1, 0.15) is 13.2 Å². The zero-order valence-corrected chi connectivity index (χ0v) is 19.3. The second-order valence-corrected chi connectivity index (χ2v) is 9.22. The highest BCUT2D eigenvalue weighted by Gasteiger charge is 2.24. The zero-order chi connectivity index (χ0) is 20.4. The SMILES string of the molecule is CN(C)CCCN(C(=O)c1ccccc1I)c1nc2cc3c(cc2s1)OCCO3. The summed E-state index contributed by atoms with van der Waals surface area (Å²) < 4.78 is 13.3. The number of fused-ring (bicyclic) bond motifs is 2. The van der Waals surface area contributed by atoms with Crippen molar-refractivity contribution < 1.29 is 14.3 Å². The highest BCUT2D eigenvalue weighted by molar-refractivity contribution is 14.1. The van der Waals surface area contributed by atoms with E-state index in [4.69, 9.17) is 14.5 Å². The van der Waals surface area contributed by atoms with Crippen molar-refractivity contribution in [3.05, 3.63) is 45.5 Å². The number of halogens is 1. The Morgan fingerprint density at radius 3 is 2.59 bits per heavy atom. The van der Waals surface area contributed by atoms with Crippen LogP contribution >= 0.6 is 33.9 Å². The van der Waals surface area contributed by atoms with Crippen LogP contribution in [-0.2, 0) is 0 Å². The lowest BCUT2D eigenvalue weighted by molar-refractivity contribution is 0.0985. The van der Waals surface area contributed by atoms with Gasteiger partial charge in [-0.2, -0.15) is 0 Å². The molecule has 1 aliphatic rings. The molecule has 2 heterocycles. The zero-order valence-electron chi connectivity index (χ0n) is 16.4. The first-order chi connectivity index (χ1) is 14.0. The Bertz CT molecular complexity index is 994. The average molecular weight is 523 g/mol. The van der Waals surface area contributed by atoms with Crippen LogP contribution in [0.5, 0.6) is 11.5 Å². The molecule has 1 amide bonds. The first kappa shape index (κ1) is 20.4. The maximum atomic E-state index is 13.4. The number of thiazole rings is 1. The Hall–Kier alpha value is -1.91. The third kappa shape index (κ3) is 4.49. The van der Waals surface area contributed by atoms with Crippen molar-refractivity contribution in [2.75, 3.05) is 45.3 Å². The van der Waals surface area contributed by atoms with Crippen LogP contribution in [0.4, 0.5) is 5.13 Å². The number of nitrogens with zero attached hydrogens (tertiary/aromatic N) is 3. The highest BCUT2D eigenvalue weighted by Crippen LogP contribution is 2.39. The van der Waals surface area contributed by atoms with Crippen LogP contribution in [-0.4, -0.2) is 56.2 Å². The number of anilines is 1. The molecule has 152 valence electrons. The summed E-state index contributed by atoms with van der Waals surface area (Å²) in [7, 11) is 4.07. The second-order valence-electron chi connectivity index (χ2n) is 7.05. The second kappa shape index (κ2) is 8.85. The van der Waals surface area contributed by atoms with Gasteiger partial charge in [-0.3, -0.25) is 9.69 Å². The number of amides is 1. The molecule has 1 aliphatic heterocycles. The van der Waals surface area contributed by atoms with Crippen molar-refractivity contribution >= 4 is 55.2 Å². The summed E-state index contributed by atoms with van der Waals surface area (Å²) in [6, 6.07) is 11.5. The Labute approximate surface area is 187 Å². The van der Waals surface area contributed by atoms with E-state index in [0.717, 1.165) is 32.5 Å². The number of hydrogen-bond acceptors (Lipinski definition) is 6. The summed E-state index contributed by atoms with van der Waals surface area (Å²) in [5, 5.41) is 0.700. The van der Waals surface area contributed by atoms with Gasteiger partial charge in [-0.1, -0.05) is 23.5 Å². The molecule has 1 aromatic heterocycles. The van der Waals surface area contributed by atoms with Gasteiger partial charge in [0.2, 0.25) is 0 Å². The van der Waals surface area contributed by atoms with E-state index >= 15 is 0 Å². The van der Waals surface area contributed by atoms with E-state index < -0.39 is 0 Å². The Kier molecular flexibility index (Phi) is 6.21. The lowest BCUT2D eigenvalue weighted by Gasteiger charge is -2.21. The number of hydrogen-bond donors (Lipinski definition) is 0. The van der Waals surface area contributed by atoms with Gasteiger partial charge in [0.05, 0.1) is 15.8 Å². The molecule has 0 unspecified atom stereocenters. The third-order valence-electron chi connectivity index (χ3n) is 4.61. The van der Waals surface area contributed by atoms with Crippen molar-refractivity contribution in [2.45, 2.75) is 6.42 Å². The molecule has 0 saturated heterocycles. The molecule has 0 atom stereocenters. The Balaban J connectivity index is 1.70. The number of aromatic nitrogens is 1. The molecule has 2 aromatic carbocycles. The van der Waals surface area contributed by atoms with Crippen LogP contribution in [0, 0.1) is 3.57 Å². The van der Waals surface area contributed by atoms with Crippen LogP contribution in [0.15, 0.2) is 36.4 Å². The van der Waals surface area contributed by atoms with Crippen molar-refractivity contribution in [3.8, 4) is 11.5 Å². The van der Waals surface area contributed by atoms with Crippen LogP contribution in [0.1, 0.15) is 16.8 Å². The molecule has 0 radical (unpaired) electrons. The monoisotopic (exact) mass is 523 g/mol. The van der Waals surface area contributed by atoms with Crippen molar-refractivity contribution in [1.29, 1.82) is 0 Å². The minimum absolute atomic E-state index is 0.0231.